The largest absolute Gasteiger partial charge is 0.496 e. The van der Waals surface area contributed by atoms with Gasteiger partial charge in [-0.15, -0.1) is 0 Å². The molecule has 0 spiro atoms. The van der Waals surface area contributed by atoms with Crippen molar-refractivity contribution in [3.05, 3.63) is 35.9 Å². The van der Waals surface area contributed by atoms with Crippen LogP contribution in [0.1, 0.15) is 5.56 Å². The molecule has 2 heteroatoms. The first kappa shape index (κ1) is 8.53. The van der Waals surface area contributed by atoms with Gasteiger partial charge < -0.3 is 4.74 Å². The Bertz CT molecular complexity index is 290. The summed E-state index contributed by atoms with van der Waals surface area (Å²) in [5.74, 6) is 0.754. The fourth-order valence-electron chi connectivity index (χ4n) is 0.928. The molecule has 12 heavy (non-hydrogen) atoms. The van der Waals surface area contributed by atoms with E-state index in [-0.39, 0.29) is 0 Å². The quantitative estimate of drug-likeness (QED) is 0.632. The third-order valence-corrected chi connectivity index (χ3v) is 1.47. The molecule has 0 unspecified atom stereocenters. The summed E-state index contributed by atoms with van der Waals surface area (Å²) in [6.45, 7) is 0. The molecule has 0 atom stereocenters. The van der Waals surface area contributed by atoms with E-state index in [1.54, 1.807) is 19.5 Å². The molecule has 0 N–H and O–H groups in total. The Morgan fingerprint density at radius 2 is 2.17 bits per heavy atom. The number of benzene rings is 1. The second kappa shape index (κ2) is 4.34. The minimum absolute atomic E-state index is 0.754. The highest BCUT2D eigenvalue weighted by atomic mass is 16.5. The predicted molar refractivity (Wildman–Crippen MR) is 47.7 cm³/mol. The molecule has 0 aliphatic rings. The monoisotopic (exact) mass is 161 g/mol. The molecule has 0 aliphatic carbocycles. The number of hydrogen-bond donors (Lipinski definition) is 0. The van der Waals surface area contributed by atoms with Crippen molar-refractivity contribution in [2.75, 3.05) is 7.11 Å². The first-order valence-electron chi connectivity index (χ1n) is 3.55. The minimum atomic E-state index is 0.754. The summed E-state index contributed by atoms with van der Waals surface area (Å²) >= 11 is 0. The number of para-hydroxylation sites is 1. The normalized spacial score (nSPS) is 10.1. The van der Waals surface area contributed by atoms with Crippen LogP contribution in [-0.2, 0) is 4.79 Å². The molecule has 1 rings (SSSR count). The molecule has 1 radical (unpaired) electrons. The Labute approximate surface area is 71.5 Å². The van der Waals surface area contributed by atoms with E-state index in [9.17, 15) is 4.79 Å². The summed E-state index contributed by atoms with van der Waals surface area (Å²) in [6, 6.07) is 7.46. The molecule has 0 heterocycles. The Morgan fingerprint density at radius 3 is 2.83 bits per heavy atom. The van der Waals surface area contributed by atoms with Crippen molar-refractivity contribution >= 4 is 12.4 Å². The molecular weight excluding hydrogens is 152 g/mol. The zero-order chi connectivity index (χ0) is 8.81. The number of rotatable bonds is 3. The van der Waals surface area contributed by atoms with E-state index < -0.39 is 0 Å². The van der Waals surface area contributed by atoms with Gasteiger partial charge in [0.05, 0.1) is 7.11 Å². The van der Waals surface area contributed by atoms with Crippen LogP contribution >= 0.6 is 0 Å². The summed E-state index contributed by atoms with van der Waals surface area (Å²) in [6.07, 6.45) is 4.66. The van der Waals surface area contributed by atoms with E-state index in [1.165, 1.54) is 6.08 Å². The number of methoxy groups -OCH3 is 1. The number of ether oxygens (including phenoxy) is 1. The van der Waals surface area contributed by atoms with Crippen molar-refractivity contribution < 1.29 is 9.53 Å². The fraction of sp³-hybridized carbons (Fsp3) is 0.100. The van der Waals surface area contributed by atoms with E-state index in [2.05, 4.69) is 0 Å². The molecule has 0 fully saturated rings. The SMILES string of the molecule is COc1ccccc1C=C[C]=O. The van der Waals surface area contributed by atoms with Crippen molar-refractivity contribution in [2.24, 2.45) is 0 Å². The molecule has 0 amide bonds. The maximum atomic E-state index is 9.93. The van der Waals surface area contributed by atoms with E-state index in [4.69, 9.17) is 4.74 Å². The van der Waals surface area contributed by atoms with Crippen LogP contribution < -0.4 is 4.74 Å². The lowest BCUT2D eigenvalue weighted by atomic mass is 10.2. The highest BCUT2D eigenvalue weighted by Gasteiger charge is 1.94. The molecule has 1 aromatic carbocycles. The molecule has 0 aromatic heterocycles. The Balaban J connectivity index is 2.96. The number of carbonyl (C=O) groups excluding carboxylic acids is 1. The maximum absolute atomic E-state index is 9.93. The van der Waals surface area contributed by atoms with Gasteiger partial charge in [0.25, 0.3) is 0 Å². The van der Waals surface area contributed by atoms with Gasteiger partial charge in [-0.25, -0.2) is 0 Å². The first-order valence-corrected chi connectivity index (χ1v) is 3.55. The Morgan fingerprint density at radius 1 is 1.42 bits per heavy atom. The molecule has 0 aliphatic heterocycles. The molecule has 0 saturated heterocycles. The zero-order valence-corrected chi connectivity index (χ0v) is 6.78. The highest BCUT2D eigenvalue weighted by molar-refractivity contribution is 5.75. The van der Waals surface area contributed by atoms with Gasteiger partial charge in [-0.05, 0) is 18.2 Å². The van der Waals surface area contributed by atoms with E-state index in [0.29, 0.717) is 0 Å². The summed E-state index contributed by atoms with van der Waals surface area (Å²) in [4.78, 5) is 9.93. The van der Waals surface area contributed by atoms with Gasteiger partial charge in [0.1, 0.15) is 5.75 Å². The van der Waals surface area contributed by atoms with Crippen LogP contribution in [0, 0.1) is 0 Å². The minimum Gasteiger partial charge on any atom is -0.496 e. The van der Waals surface area contributed by atoms with Crippen molar-refractivity contribution in [3.8, 4) is 5.75 Å². The van der Waals surface area contributed by atoms with Crippen molar-refractivity contribution in [2.45, 2.75) is 0 Å². The lowest BCUT2D eigenvalue weighted by molar-refractivity contribution is 0.414. The number of allylic oxidation sites excluding steroid dienone is 1. The van der Waals surface area contributed by atoms with E-state index in [0.717, 1.165) is 11.3 Å². The van der Waals surface area contributed by atoms with Crippen LogP contribution in [0.15, 0.2) is 30.3 Å². The fourth-order valence-corrected chi connectivity index (χ4v) is 0.928. The lowest BCUT2D eigenvalue weighted by Gasteiger charge is -2.02. The van der Waals surface area contributed by atoms with Gasteiger partial charge in [0, 0.05) is 5.56 Å². The number of hydrogen-bond acceptors (Lipinski definition) is 2. The molecule has 2 nitrogen and oxygen atoms in total. The average Bonchev–Trinajstić information content (AvgIpc) is 2.15. The average molecular weight is 161 g/mol. The van der Waals surface area contributed by atoms with Crippen LogP contribution in [0.4, 0.5) is 0 Å². The van der Waals surface area contributed by atoms with Crippen molar-refractivity contribution in [1.29, 1.82) is 0 Å². The maximum Gasteiger partial charge on any atom is 0.225 e. The Kier molecular flexibility index (Phi) is 3.08. The molecule has 1 aromatic rings. The molecular formula is C10H9O2. The highest BCUT2D eigenvalue weighted by Crippen LogP contribution is 2.17. The molecule has 61 valence electrons. The molecule has 0 saturated carbocycles. The third kappa shape index (κ3) is 1.95. The summed E-state index contributed by atoms with van der Waals surface area (Å²) in [7, 11) is 1.59. The van der Waals surface area contributed by atoms with Crippen LogP contribution in [-0.4, -0.2) is 13.4 Å². The van der Waals surface area contributed by atoms with Gasteiger partial charge in [-0.1, -0.05) is 18.2 Å². The van der Waals surface area contributed by atoms with Crippen LogP contribution in [0.3, 0.4) is 0 Å². The van der Waals surface area contributed by atoms with Gasteiger partial charge in [0.15, 0.2) is 0 Å². The van der Waals surface area contributed by atoms with Gasteiger partial charge in [0.2, 0.25) is 6.29 Å². The van der Waals surface area contributed by atoms with Gasteiger partial charge in [-0.2, -0.15) is 0 Å². The van der Waals surface area contributed by atoms with E-state index in [1.807, 2.05) is 24.3 Å². The van der Waals surface area contributed by atoms with Crippen molar-refractivity contribution in [3.63, 3.8) is 0 Å². The van der Waals surface area contributed by atoms with Crippen LogP contribution in [0.25, 0.3) is 6.08 Å². The second-order valence-electron chi connectivity index (χ2n) is 2.19. The smallest absolute Gasteiger partial charge is 0.225 e. The van der Waals surface area contributed by atoms with Gasteiger partial charge >= 0.3 is 0 Å². The lowest BCUT2D eigenvalue weighted by Crippen LogP contribution is -1.85. The summed E-state index contributed by atoms with van der Waals surface area (Å²) in [5.41, 5.74) is 0.878. The van der Waals surface area contributed by atoms with Gasteiger partial charge in [-0.3, -0.25) is 4.79 Å². The standard InChI is InChI=1S/C10H9O2/c1-12-10-7-3-2-5-9(10)6-4-8-11/h2-7H,1H3. The third-order valence-electron chi connectivity index (χ3n) is 1.47. The first-order chi connectivity index (χ1) is 5.88. The van der Waals surface area contributed by atoms with Crippen LogP contribution in [0.2, 0.25) is 0 Å². The molecule has 0 bridgehead atoms. The predicted octanol–water partition coefficient (Wildman–Crippen LogP) is 1.82. The second-order valence-corrected chi connectivity index (χ2v) is 2.19. The summed E-state index contributed by atoms with van der Waals surface area (Å²) < 4.78 is 5.06. The zero-order valence-electron chi connectivity index (χ0n) is 6.78. The van der Waals surface area contributed by atoms with Crippen LogP contribution in [0.5, 0.6) is 5.75 Å². The summed E-state index contributed by atoms with van der Waals surface area (Å²) in [5, 5.41) is 0. The Hall–Kier alpha value is -1.57. The van der Waals surface area contributed by atoms with Crippen molar-refractivity contribution in [1.82, 2.24) is 0 Å². The topological polar surface area (TPSA) is 26.3 Å². The van der Waals surface area contributed by atoms with E-state index >= 15 is 0 Å².